The molecule has 0 amide bonds. The fourth-order valence-electron chi connectivity index (χ4n) is 2.69. The SMILES string of the molecule is CC(C)(OC(=O)c1c(Br)cccc1Br)C1CC[NH2+]CC1. The number of carbonyl (C=O) groups is 1. The first-order valence-electron chi connectivity index (χ1n) is 6.91. The van der Waals surface area contributed by atoms with Gasteiger partial charge in [-0.15, -0.1) is 0 Å². The second-order valence-electron chi connectivity index (χ2n) is 5.73. The fraction of sp³-hybridized carbons (Fsp3) is 0.533. The van der Waals surface area contributed by atoms with E-state index in [1.807, 2.05) is 32.0 Å². The minimum Gasteiger partial charge on any atom is -0.456 e. The number of hydrogen-bond acceptors (Lipinski definition) is 2. The van der Waals surface area contributed by atoms with Crippen molar-refractivity contribution in [1.82, 2.24) is 0 Å². The van der Waals surface area contributed by atoms with Gasteiger partial charge in [0.05, 0.1) is 18.7 Å². The average molecular weight is 406 g/mol. The number of rotatable bonds is 3. The Morgan fingerprint density at radius 2 is 1.80 bits per heavy atom. The van der Waals surface area contributed by atoms with Crippen LogP contribution in [0.3, 0.4) is 0 Å². The van der Waals surface area contributed by atoms with Gasteiger partial charge in [0.25, 0.3) is 0 Å². The number of nitrogens with two attached hydrogens (primary N) is 1. The molecule has 1 aromatic rings. The Bertz CT molecular complexity index is 476. The van der Waals surface area contributed by atoms with E-state index in [0.29, 0.717) is 11.5 Å². The molecule has 0 aliphatic carbocycles. The van der Waals surface area contributed by atoms with Crippen molar-refractivity contribution in [2.24, 2.45) is 5.92 Å². The third-order valence-corrected chi connectivity index (χ3v) is 5.27. The molecule has 1 aliphatic heterocycles. The molecule has 1 aromatic carbocycles. The normalized spacial score (nSPS) is 17.0. The molecule has 0 aromatic heterocycles. The van der Waals surface area contributed by atoms with Crippen molar-refractivity contribution in [3.8, 4) is 0 Å². The molecule has 1 fully saturated rings. The number of halogens is 2. The molecule has 1 saturated heterocycles. The summed E-state index contributed by atoms with van der Waals surface area (Å²) in [5.74, 6) is 0.154. The maximum Gasteiger partial charge on any atom is 0.340 e. The molecule has 0 radical (unpaired) electrons. The fourth-order valence-corrected chi connectivity index (χ4v) is 4.01. The van der Waals surface area contributed by atoms with Crippen molar-refractivity contribution in [1.29, 1.82) is 0 Å². The molecule has 3 nitrogen and oxygen atoms in total. The molecule has 0 bridgehead atoms. The molecule has 20 heavy (non-hydrogen) atoms. The highest BCUT2D eigenvalue weighted by Gasteiger charge is 2.36. The summed E-state index contributed by atoms with van der Waals surface area (Å²) in [6, 6.07) is 5.58. The number of esters is 1. The van der Waals surface area contributed by atoms with Crippen LogP contribution < -0.4 is 5.32 Å². The number of hydrogen-bond donors (Lipinski definition) is 1. The van der Waals surface area contributed by atoms with E-state index in [9.17, 15) is 4.79 Å². The zero-order valence-corrected chi connectivity index (χ0v) is 15.0. The lowest BCUT2D eigenvalue weighted by molar-refractivity contribution is -0.665. The molecule has 0 unspecified atom stereocenters. The molecule has 1 aliphatic rings. The van der Waals surface area contributed by atoms with E-state index >= 15 is 0 Å². The van der Waals surface area contributed by atoms with Crippen molar-refractivity contribution in [2.75, 3.05) is 13.1 Å². The largest absolute Gasteiger partial charge is 0.456 e. The van der Waals surface area contributed by atoms with Crippen LogP contribution in [-0.2, 0) is 4.74 Å². The van der Waals surface area contributed by atoms with E-state index in [2.05, 4.69) is 37.2 Å². The van der Waals surface area contributed by atoms with E-state index in [4.69, 9.17) is 4.74 Å². The topological polar surface area (TPSA) is 42.9 Å². The number of carbonyl (C=O) groups excluding carboxylic acids is 1. The van der Waals surface area contributed by atoms with Crippen LogP contribution in [0.1, 0.15) is 37.0 Å². The summed E-state index contributed by atoms with van der Waals surface area (Å²) in [4.78, 5) is 12.5. The number of benzene rings is 1. The lowest BCUT2D eigenvalue weighted by Gasteiger charge is -2.35. The molecule has 110 valence electrons. The molecule has 1 heterocycles. The predicted octanol–water partition coefficient (Wildman–Crippen LogP) is 3.12. The summed E-state index contributed by atoms with van der Waals surface area (Å²) in [6.45, 7) is 6.27. The van der Waals surface area contributed by atoms with Gasteiger partial charge >= 0.3 is 5.97 Å². The number of piperidine rings is 1. The van der Waals surface area contributed by atoms with E-state index in [1.165, 1.54) is 0 Å². The van der Waals surface area contributed by atoms with Gasteiger partial charge in [0.1, 0.15) is 5.60 Å². The van der Waals surface area contributed by atoms with E-state index in [1.54, 1.807) is 0 Å². The van der Waals surface area contributed by atoms with Crippen LogP contribution >= 0.6 is 31.9 Å². The van der Waals surface area contributed by atoms with Gasteiger partial charge in [0.15, 0.2) is 0 Å². The van der Waals surface area contributed by atoms with Crippen molar-refractivity contribution in [3.05, 3.63) is 32.7 Å². The van der Waals surface area contributed by atoms with Gasteiger partial charge in [-0.3, -0.25) is 0 Å². The van der Waals surface area contributed by atoms with Gasteiger partial charge in [-0.1, -0.05) is 6.07 Å². The second kappa shape index (κ2) is 6.58. The van der Waals surface area contributed by atoms with E-state index in [0.717, 1.165) is 34.9 Å². The van der Waals surface area contributed by atoms with Crippen LogP contribution in [-0.4, -0.2) is 24.7 Å². The first-order chi connectivity index (χ1) is 9.42. The van der Waals surface area contributed by atoms with Crippen LogP contribution in [0, 0.1) is 5.92 Å². The zero-order chi connectivity index (χ0) is 14.8. The Morgan fingerprint density at radius 3 is 2.35 bits per heavy atom. The Morgan fingerprint density at radius 1 is 1.25 bits per heavy atom. The maximum atomic E-state index is 12.5. The molecule has 2 rings (SSSR count). The smallest absolute Gasteiger partial charge is 0.340 e. The Kier molecular flexibility index (Phi) is 5.26. The van der Waals surface area contributed by atoms with Gasteiger partial charge in [0, 0.05) is 27.7 Å². The maximum absolute atomic E-state index is 12.5. The van der Waals surface area contributed by atoms with Crippen molar-refractivity contribution >= 4 is 37.8 Å². The summed E-state index contributed by atoms with van der Waals surface area (Å²) >= 11 is 6.83. The second-order valence-corrected chi connectivity index (χ2v) is 7.44. The van der Waals surface area contributed by atoms with Gasteiger partial charge < -0.3 is 10.1 Å². The van der Waals surface area contributed by atoms with Gasteiger partial charge in [-0.05, 0) is 57.8 Å². The third-order valence-electron chi connectivity index (χ3n) is 3.94. The lowest BCUT2D eigenvalue weighted by atomic mass is 9.83. The highest BCUT2D eigenvalue weighted by molar-refractivity contribution is 9.11. The zero-order valence-electron chi connectivity index (χ0n) is 11.8. The standard InChI is InChI=1S/C15H19Br2NO2/c1-15(2,10-6-8-18-9-7-10)20-14(19)13-11(16)4-3-5-12(13)17/h3-5,10,18H,6-9H2,1-2H3/p+1. The number of quaternary nitrogens is 1. The molecular weight excluding hydrogens is 386 g/mol. The highest BCUT2D eigenvalue weighted by Crippen LogP contribution is 2.32. The van der Waals surface area contributed by atoms with E-state index in [-0.39, 0.29) is 5.97 Å². The molecule has 2 N–H and O–H groups in total. The molecule has 0 saturated carbocycles. The monoisotopic (exact) mass is 404 g/mol. The van der Waals surface area contributed by atoms with Crippen LogP contribution in [0.4, 0.5) is 0 Å². The third kappa shape index (κ3) is 3.62. The highest BCUT2D eigenvalue weighted by atomic mass is 79.9. The summed E-state index contributed by atoms with van der Waals surface area (Å²) in [5, 5.41) is 2.32. The first kappa shape index (κ1) is 16.0. The van der Waals surface area contributed by atoms with Crippen LogP contribution in [0.5, 0.6) is 0 Å². The summed E-state index contributed by atoms with van der Waals surface area (Å²) in [5.41, 5.74) is 0.128. The quantitative estimate of drug-likeness (QED) is 0.785. The van der Waals surface area contributed by atoms with E-state index < -0.39 is 5.60 Å². The summed E-state index contributed by atoms with van der Waals surface area (Å²) in [6.07, 6.45) is 2.19. The Labute approximate surface area is 136 Å². The summed E-state index contributed by atoms with van der Waals surface area (Å²) in [7, 11) is 0. The van der Waals surface area contributed by atoms with Crippen LogP contribution in [0.15, 0.2) is 27.1 Å². The summed E-state index contributed by atoms with van der Waals surface area (Å²) < 4.78 is 7.32. The molecular formula is C15H20Br2NO2+. The Hall–Kier alpha value is -0.390. The minimum atomic E-state index is -0.430. The molecule has 0 spiro atoms. The van der Waals surface area contributed by atoms with Crippen LogP contribution in [0.2, 0.25) is 0 Å². The van der Waals surface area contributed by atoms with Gasteiger partial charge in [-0.2, -0.15) is 0 Å². The lowest BCUT2D eigenvalue weighted by Crippen LogP contribution is -2.86. The molecule has 5 heteroatoms. The van der Waals surface area contributed by atoms with Crippen molar-refractivity contribution in [2.45, 2.75) is 32.3 Å². The molecule has 0 atom stereocenters. The number of ether oxygens (including phenoxy) is 1. The first-order valence-corrected chi connectivity index (χ1v) is 8.49. The van der Waals surface area contributed by atoms with Crippen molar-refractivity contribution < 1.29 is 14.8 Å². The minimum absolute atomic E-state index is 0.274. The van der Waals surface area contributed by atoms with Crippen LogP contribution in [0.25, 0.3) is 0 Å². The van der Waals surface area contributed by atoms with Gasteiger partial charge in [0.2, 0.25) is 0 Å². The Balaban J connectivity index is 2.14. The predicted molar refractivity (Wildman–Crippen MR) is 85.7 cm³/mol. The van der Waals surface area contributed by atoms with Crippen molar-refractivity contribution in [3.63, 3.8) is 0 Å². The van der Waals surface area contributed by atoms with Gasteiger partial charge in [-0.25, -0.2) is 4.79 Å². The average Bonchev–Trinajstić information content (AvgIpc) is 2.39.